The van der Waals surface area contributed by atoms with Gasteiger partial charge in [0.15, 0.2) is 5.17 Å². The molecule has 2 atom stereocenters. The first-order valence-electron chi connectivity index (χ1n) is 7.87. The van der Waals surface area contributed by atoms with Crippen LogP contribution in [0.5, 0.6) is 0 Å². The van der Waals surface area contributed by atoms with Crippen LogP contribution in [0.25, 0.3) is 0 Å². The number of thioether (sulfide) groups is 1. The molecule has 1 heterocycles. The molecule has 1 aliphatic carbocycles. The fourth-order valence-electron chi connectivity index (χ4n) is 2.99. The fourth-order valence-corrected chi connectivity index (χ4v) is 3.97. The van der Waals surface area contributed by atoms with Gasteiger partial charge in [-0.05, 0) is 57.2 Å². The molecule has 2 aliphatic rings. The largest absolute Gasteiger partial charge is 0.444 e. The van der Waals surface area contributed by atoms with E-state index in [-0.39, 0.29) is 5.54 Å². The van der Waals surface area contributed by atoms with Crippen molar-refractivity contribution in [2.45, 2.75) is 44.8 Å². The molecule has 1 aliphatic heterocycles. The predicted octanol–water partition coefficient (Wildman–Crippen LogP) is 3.50. The summed E-state index contributed by atoms with van der Waals surface area (Å²) in [6, 6.07) is 7.90. The van der Waals surface area contributed by atoms with Gasteiger partial charge in [-0.2, -0.15) is 0 Å². The summed E-state index contributed by atoms with van der Waals surface area (Å²) in [6.45, 7) is 5.54. The van der Waals surface area contributed by atoms with Gasteiger partial charge >= 0.3 is 6.09 Å². The minimum atomic E-state index is -0.520. The van der Waals surface area contributed by atoms with E-state index in [9.17, 15) is 4.79 Å². The number of hydrogen-bond acceptors (Lipinski definition) is 5. The normalized spacial score (nSPS) is 26.6. The second-order valence-electron chi connectivity index (χ2n) is 7.13. The predicted molar refractivity (Wildman–Crippen MR) is 94.5 cm³/mol. The Bertz CT molecular complexity index is 653. The Hall–Kier alpha value is -1.69. The molecule has 1 amide bonds. The van der Waals surface area contributed by atoms with Gasteiger partial charge in [0.25, 0.3) is 0 Å². The summed E-state index contributed by atoms with van der Waals surface area (Å²) in [7, 11) is 0. The number of ether oxygens (including phenoxy) is 1. The fraction of sp³-hybridized carbons (Fsp3) is 0.529. The molecule has 0 radical (unpaired) electrons. The van der Waals surface area contributed by atoms with Crippen molar-refractivity contribution in [1.82, 2.24) is 5.32 Å². The number of fused-ring (bicyclic) bond motifs is 1. The molecule has 5 nitrogen and oxygen atoms in total. The van der Waals surface area contributed by atoms with Crippen LogP contribution < -0.4 is 11.1 Å². The van der Waals surface area contributed by atoms with Gasteiger partial charge < -0.3 is 10.5 Å². The van der Waals surface area contributed by atoms with E-state index in [1.54, 1.807) is 11.8 Å². The highest BCUT2D eigenvalue weighted by molar-refractivity contribution is 8.13. The van der Waals surface area contributed by atoms with Crippen molar-refractivity contribution in [3.8, 4) is 0 Å². The third-order valence-electron chi connectivity index (χ3n) is 4.07. The molecule has 1 saturated carbocycles. The summed E-state index contributed by atoms with van der Waals surface area (Å²) >= 11 is 1.58. The minimum absolute atomic E-state index is 0.233. The number of carbonyl (C=O) groups is 1. The lowest BCUT2D eigenvalue weighted by molar-refractivity contribution is 0.0564. The molecule has 1 aromatic rings. The molecule has 23 heavy (non-hydrogen) atoms. The maximum Gasteiger partial charge on any atom is 0.413 e. The molecule has 0 unspecified atom stereocenters. The first kappa shape index (κ1) is 16.2. The van der Waals surface area contributed by atoms with Crippen molar-refractivity contribution >= 4 is 28.7 Å². The highest BCUT2D eigenvalue weighted by Gasteiger charge is 2.56. The van der Waals surface area contributed by atoms with Crippen molar-refractivity contribution < 1.29 is 9.53 Å². The zero-order chi connectivity index (χ0) is 16.7. The van der Waals surface area contributed by atoms with Gasteiger partial charge in [-0.3, -0.25) is 10.3 Å². The number of aliphatic imine (C=N–C) groups is 1. The standard InChI is InChI=1S/C17H23N3O2S/c1-16(2,3)22-15(21)19-14-20-17(10-12(17)7-8-23-14)11-5-4-6-13(18)9-11/h4-6,9,12H,7-8,10,18H2,1-3H3,(H,19,20,21)/t12-,17-/m1/s1. The first-order valence-corrected chi connectivity index (χ1v) is 8.86. The van der Waals surface area contributed by atoms with Crippen LogP contribution in [0.1, 0.15) is 39.2 Å². The number of anilines is 1. The number of alkyl carbamates (subject to hydrolysis) is 1. The van der Waals surface area contributed by atoms with E-state index in [4.69, 9.17) is 15.5 Å². The number of benzene rings is 1. The summed E-state index contributed by atoms with van der Waals surface area (Å²) in [5, 5.41) is 3.44. The SMILES string of the molecule is CC(C)(C)OC(=O)NC1=N[C@@]2(c3cccc(N)c3)C[C@H]2CCS1. The van der Waals surface area contributed by atoms with Gasteiger partial charge in [0.05, 0.1) is 5.54 Å². The molecule has 1 fully saturated rings. The van der Waals surface area contributed by atoms with E-state index in [2.05, 4.69) is 11.4 Å². The van der Waals surface area contributed by atoms with Crippen LogP contribution in [0.3, 0.4) is 0 Å². The molecule has 0 bridgehead atoms. The van der Waals surface area contributed by atoms with Crippen molar-refractivity contribution in [1.29, 1.82) is 0 Å². The van der Waals surface area contributed by atoms with Crippen LogP contribution in [0.15, 0.2) is 29.3 Å². The third-order valence-corrected chi connectivity index (χ3v) is 4.98. The van der Waals surface area contributed by atoms with E-state index in [1.807, 2.05) is 39.0 Å². The summed E-state index contributed by atoms with van der Waals surface area (Å²) < 4.78 is 5.32. The monoisotopic (exact) mass is 333 g/mol. The number of hydrogen-bond donors (Lipinski definition) is 2. The Kier molecular flexibility index (Phi) is 4.04. The summed E-state index contributed by atoms with van der Waals surface area (Å²) in [4.78, 5) is 16.9. The molecule has 0 aromatic heterocycles. The molecular formula is C17H23N3O2S. The van der Waals surface area contributed by atoms with Crippen molar-refractivity contribution in [3.05, 3.63) is 29.8 Å². The lowest BCUT2D eigenvalue weighted by atomic mass is 10.0. The van der Waals surface area contributed by atoms with Gasteiger partial charge in [0.2, 0.25) is 0 Å². The van der Waals surface area contributed by atoms with Crippen LogP contribution in [0.2, 0.25) is 0 Å². The zero-order valence-corrected chi connectivity index (χ0v) is 14.6. The maximum atomic E-state index is 12.0. The highest BCUT2D eigenvalue weighted by Crippen LogP contribution is 2.59. The van der Waals surface area contributed by atoms with Crippen LogP contribution in [0.4, 0.5) is 10.5 Å². The number of nitrogens with zero attached hydrogens (tertiary/aromatic N) is 1. The first-order chi connectivity index (χ1) is 10.8. The Morgan fingerprint density at radius 2 is 2.26 bits per heavy atom. The van der Waals surface area contributed by atoms with Crippen LogP contribution in [-0.4, -0.2) is 22.6 Å². The second-order valence-corrected chi connectivity index (χ2v) is 8.22. The number of amides is 1. The summed E-state index contributed by atoms with van der Waals surface area (Å²) in [6.07, 6.45) is 1.64. The van der Waals surface area contributed by atoms with Gasteiger partial charge in [0.1, 0.15) is 5.60 Å². The average molecular weight is 333 g/mol. The number of rotatable bonds is 1. The van der Waals surface area contributed by atoms with Crippen LogP contribution in [0, 0.1) is 5.92 Å². The topological polar surface area (TPSA) is 76.7 Å². The van der Waals surface area contributed by atoms with Gasteiger partial charge in [-0.25, -0.2) is 4.79 Å². The van der Waals surface area contributed by atoms with Crippen molar-refractivity contribution in [2.75, 3.05) is 11.5 Å². The molecule has 6 heteroatoms. The molecular weight excluding hydrogens is 310 g/mol. The lowest BCUT2D eigenvalue weighted by Gasteiger charge is -2.20. The zero-order valence-electron chi connectivity index (χ0n) is 13.8. The Balaban J connectivity index is 1.81. The van der Waals surface area contributed by atoms with Crippen LogP contribution >= 0.6 is 11.8 Å². The molecule has 124 valence electrons. The molecule has 1 aromatic carbocycles. The number of nitrogens with one attached hydrogen (secondary N) is 1. The Labute approximate surface area is 141 Å². The van der Waals surface area contributed by atoms with Crippen molar-refractivity contribution in [3.63, 3.8) is 0 Å². The van der Waals surface area contributed by atoms with Crippen molar-refractivity contribution in [2.24, 2.45) is 10.9 Å². The van der Waals surface area contributed by atoms with Gasteiger partial charge in [0, 0.05) is 11.4 Å². The quantitative estimate of drug-likeness (QED) is 0.771. The van der Waals surface area contributed by atoms with E-state index in [1.165, 1.54) is 0 Å². The Morgan fingerprint density at radius 3 is 2.96 bits per heavy atom. The van der Waals surface area contributed by atoms with Gasteiger partial charge in [-0.15, -0.1) is 0 Å². The average Bonchev–Trinajstić information content (AvgIpc) is 3.11. The molecule has 0 spiro atoms. The Morgan fingerprint density at radius 1 is 1.48 bits per heavy atom. The number of nitrogens with two attached hydrogens (primary N) is 1. The van der Waals surface area contributed by atoms with Crippen LogP contribution in [-0.2, 0) is 10.3 Å². The third kappa shape index (κ3) is 3.63. The van der Waals surface area contributed by atoms with Gasteiger partial charge in [-0.1, -0.05) is 23.9 Å². The highest BCUT2D eigenvalue weighted by atomic mass is 32.2. The van der Waals surface area contributed by atoms with E-state index in [0.717, 1.165) is 29.8 Å². The number of carbonyl (C=O) groups excluding carboxylic acids is 1. The lowest BCUT2D eigenvalue weighted by Crippen LogP contribution is -2.35. The molecule has 3 N–H and O–H groups in total. The molecule has 3 rings (SSSR count). The minimum Gasteiger partial charge on any atom is -0.444 e. The van der Waals surface area contributed by atoms with E-state index >= 15 is 0 Å². The second kappa shape index (κ2) is 5.74. The summed E-state index contributed by atoms with van der Waals surface area (Å²) in [5.74, 6) is 1.47. The van der Waals surface area contributed by atoms with E-state index < -0.39 is 11.7 Å². The number of nitrogen functional groups attached to an aromatic ring is 1. The summed E-state index contributed by atoms with van der Waals surface area (Å²) in [5.41, 5.74) is 7.05. The maximum absolute atomic E-state index is 12.0. The van der Waals surface area contributed by atoms with E-state index in [0.29, 0.717) is 11.1 Å². The molecule has 0 saturated heterocycles. The number of amidine groups is 1. The smallest absolute Gasteiger partial charge is 0.413 e.